The summed E-state index contributed by atoms with van der Waals surface area (Å²) < 4.78 is 10.7. The lowest BCUT2D eigenvalue weighted by Gasteiger charge is -2.08. The molecule has 0 atom stereocenters. The highest BCUT2D eigenvalue weighted by molar-refractivity contribution is 5.56. The van der Waals surface area contributed by atoms with Crippen LogP contribution in [0.25, 0.3) is 0 Å². The molecule has 2 aromatic rings. The minimum atomic E-state index is -0.468. The van der Waals surface area contributed by atoms with Gasteiger partial charge in [-0.15, -0.1) is 0 Å². The van der Waals surface area contributed by atoms with E-state index in [1.165, 1.54) is 18.3 Å². The van der Waals surface area contributed by atoms with Crippen molar-refractivity contribution < 1.29 is 14.4 Å². The van der Waals surface area contributed by atoms with Gasteiger partial charge in [-0.05, 0) is 12.1 Å². The molecule has 1 aromatic heterocycles. The molecule has 0 saturated heterocycles. The number of nitro groups is 1. The summed E-state index contributed by atoms with van der Waals surface area (Å²) in [5.41, 5.74) is 0.803. The van der Waals surface area contributed by atoms with E-state index in [1.54, 1.807) is 0 Å². The minimum Gasteiger partial charge on any atom is -0.454 e. The molecule has 3 rings (SSSR count). The van der Waals surface area contributed by atoms with Gasteiger partial charge >= 0.3 is 5.69 Å². The number of nitrogens with zero attached hydrogens (tertiary/aromatic N) is 2. The third-order valence-electron chi connectivity index (χ3n) is 2.91. The summed E-state index contributed by atoms with van der Waals surface area (Å²) in [6, 6.07) is 8.46. The van der Waals surface area contributed by atoms with Gasteiger partial charge in [0.05, 0.1) is 4.92 Å². The summed E-state index contributed by atoms with van der Waals surface area (Å²) in [7, 11) is 0. The van der Waals surface area contributed by atoms with Crippen LogP contribution in [0.1, 0.15) is 5.56 Å². The average molecular weight is 273 g/mol. The molecular formula is C13H11N3O4. The largest absolute Gasteiger partial charge is 0.454 e. The standard InChI is InChI=1S/C13H11N3O4/c17-16(18)10-4-2-6-14-13(10)15-7-9-3-1-5-11-12(9)20-8-19-11/h1-6H,7-8H2,(H,14,15). The zero-order chi connectivity index (χ0) is 13.9. The van der Waals surface area contributed by atoms with E-state index in [9.17, 15) is 10.1 Å². The van der Waals surface area contributed by atoms with Crippen molar-refractivity contribution in [1.29, 1.82) is 0 Å². The number of hydrogen-bond donors (Lipinski definition) is 1. The van der Waals surface area contributed by atoms with Gasteiger partial charge in [0, 0.05) is 24.4 Å². The van der Waals surface area contributed by atoms with Gasteiger partial charge in [0.25, 0.3) is 0 Å². The number of nitrogens with one attached hydrogen (secondary N) is 1. The smallest absolute Gasteiger partial charge is 0.311 e. The Morgan fingerprint density at radius 2 is 2.20 bits per heavy atom. The molecule has 1 aliphatic rings. The molecule has 2 heterocycles. The number of ether oxygens (including phenoxy) is 2. The first-order valence-electron chi connectivity index (χ1n) is 5.96. The molecule has 1 aromatic carbocycles. The predicted octanol–water partition coefficient (Wildman–Crippen LogP) is 2.33. The molecule has 102 valence electrons. The Hall–Kier alpha value is -2.83. The Bertz CT molecular complexity index is 660. The lowest BCUT2D eigenvalue weighted by molar-refractivity contribution is -0.384. The number of rotatable bonds is 4. The molecule has 20 heavy (non-hydrogen) atoms. The van der Waals surface area contributed by atoms with Crippen molar-refractivity contribution in [3.05, 3.63) is 52.2 Å². The Morgan fingerprint density at radius 1 is 1.30 bits per heavy atom. The molecular weight excluding hydrogens is 262 g/mol. The molecule has 0 bridgehead atoms. The Morgan fingerprint density at radius 3 is 3.05 bits per heavy atom. The number of anilines is 1. The summed E-state index contributed by atoms with van der Waals surface area (Å²) in [5.74, 6) is 1.58. The fraction of sp³-hybridized carbons (Fsp3) is 0.154. The topological polar surface area (TPSA) is 86.5 Å². The SMILES string of the molecule is O=[N+]([O-])c1cccnc1NCc1cccc2c1OCO2. The van der Waals surface area contributed by atoms with Crippen molar-refractivity contribution in [2.75, 3.05) is 12.1 Å². The fourth-order valence-electron chi connectivity index (χ4n) is 1.99. The van der Waals surface area contributed by atoms with Crippen molar-refractivity contribution >= 4 is 11.5 Å². The van der Waals surface area contributed by atoms with Crippen molar-refractivity contribution in [3.8, 4) is 11.5 Å². The van der Waals surface area contributed by atoms with E-state index in [4.69, 9.17) is 9.47 Å². The number of aromatic nitrogens is 1. The van der Waals surface area contributed by atoms with Crippen LogP contribution in [0, 0.1) is 10.1 Å². The Labute approximate surface area is 114 Å². The van der Waals surface area contributed by atoms with Gasteiger partial charge < -0.3 is 14.8 Å². The fourth-order valence-corrected chi connectivity index (χ4v) is 1.99. The summed E-state index contributed by atoms with van der Waals surface area (Å²) >= 11 is 0. The van der Waals surface area contributed by atoms with Crippen molar-refractivity contribution in [3.63, 3.8) is 0 Å². The van der Waals surface area contributed by atoms with E-state index in [-0.39, 0.29) is 18.3 Å². The number of benzene rings is 1. The van der Waals surface area contributed by atoms with Gasteiger partial charge in [0.15, 0.2) is 11.5 Å². The number of fused-ring (bicyclic) bond motifs is 1. The first-order valence-corrected chi connectivity index (χ1v) is 5.96. The highest BCUT2D eigenvalue weighted by Gasteiger charge is 2.18. The van der Waals surface area contributed by atoms with Crippen LogP contribution in [0.5, 0.6) is 11.5 Å². The molecule has 0 fully saturated rings. The van der Waals surface area contributed by atoms with Crippen molar-refractivity contribution in [2.45, 2.75) is 6.54 Å². The summed E-state index contributed by atoms with van der Waals surface area (Å²) in [4.78, 5) is 14.4. The Balaban J connectivity index is 1.81. The lowest BCUT2D eigenvalue weighted by Crippen LogP contribution is -2.05. The minimum absolute atomic E-state index is 0.0581. The maximum atomic E-state index is 10.9. The summed E-state index contributed by atoms with van der Waals surface area (Å²) in [6.07, 6.45) is 1.50. The molecule has 7 heteroatoms. The van der Waals surface area contributed by atoms with Crippen molar-refractivity contribution in [1.82, 2.24) is 4.98 Å². The molecule has 0 saturated carbocycles. The average Bonchev–Trinajstić information content (AvgIpc) is 2.94. The molecule has 7 nitrogen and oxygen atoms in total. The van der Waals surface area contributed by atoms with Gasteiger partial charge in [0.2, 0.25) is 12.6 Å². The number of pyridine rings is 1. The number of hydrogen-bond acceptors (Lipinski definition) is 6. The van der Waals surface area contributed by atoms with Crippen LogP contribution < -0.4 is 14.8 Å². The van der Waals surface area contributed by atoms with E-state index >= 15 is 0 Å². The van der Waals surface area contributed by atoms with Crippen LogP contribution in [-0.2, 0) is 6.54 Å². The van der Waals surface area contributed by atoms with Gasteiger partial charge in [-0.25, -0.2) is 4.98 Å². The molecule has 1 aliphatic heterocycles. The summed E-state index contributed by atoms with van der Waals surface area (Å²) in [5, 5.41) is 13.9. The third-order valence-corrected chi connectivity index (χ3v) is 2.91. The second-order valence-corrected chi connectivity index (χ2v) is 4.13. The lowest BCUT2D eigenvalue weighted by atomic mass is 10.2. The van der Waals surface area contributed by atoms with Crippen LogP contribution in [0.3, 0.4) is 0 Å². The quantitative estimate of drug-likeness (QED) is 0.679. The second kappa shape index (κ2) is 5.04. The van der Waals surface area contributed by atoms with E-state index < -0.39 is 4.92 Å². The third kappa shape index (κ3) is 2.20. The highest BCUT2D eigenvalue weighted by atomic mass is 16.7. The van der Waals surface area contributed by atoms with E-state index in [1.807, 2.05) is 18.2 Å². The second-order valence-electron chi connectivity index (χ2n) is 4.13. The van der Waals surface area contributed by atoms with Crippen LogP contribution in [0.2, 0.25) is 0 Å². The normalized spacial score (nSPS) is 12.2. The van der Waals surface area contributed by atoms with Gasteiger partial charge in [-0.3, -0.25) is 10.1 Å². The monoisotopic (exact) mass is 273 g/mol. The van der Waals surface area contributed by atoms with E-state index in [0.29, 0.717) is 18.0 Å². The summed E-state index contributed by atoms with van der Waals surface area (Å²) in [6.45, 7) is 0.556. The first kappa shape index (κ1) is 12.2. The molecule has 0 unspecified atom stereocenters. The molecule has 0 aliphatic carbocycles. The molecule has 0 amide bonds. The maximum absolute atomic E-state index is 10.9. The molecule has 1 N–H and O–H groups in total. The predicted molar refractivity (Wildman–Crippen MR) is 70.8 cm³/mol. The van der Waals surface area contributed by atoms with Gasteiger partial charge in [-0.2, -0.15) is 0 Å². The van der Waals surface area contributed by atoms with Crippen LogP contribution in [-0.4, -0.2) is 16.7 Å². The Kier molecular flexibility index (Phi) is 3.08. The molecule has 0 spiro atoms. The molecule has 0 radical (unpaired) electrons. The van der Waals surface area contributed by atoms with Crippen LogP contribution in [0.15, 0.2) is 36.5 Å². The zero-order valence-electron chi connectivity index (χ0n) is 10.4. The van der Waals surface area contributed by atoms with Gasteiger partial charge in [0.1, 0.15) is 0 Å². The van der Waals surface area contributed by atoms with Crippen molar-refractivity contribution in [2.24, 2.45) is 0 Å². The first-order chi connectivity index (χ1) is 9.75. The number of para-hydroxylation sites is 1. The van der Waals surface area contributed by atoms with Crippen LogP contribution in [0.4, 0.5) is 11.5 Å². The van der Waals surface area contributed by atoms with Crippen LogP contribution >= 0.6 is 0 Å². The van der Waals surface area contributed by atoms with E-state index in [0.717, 1.165) is 5.56 Å². The zero-order valence-corrected chi connectivity index (χ0v) is 10.4. The highest BCUT2D eigenvalue weighted by Crippen LogP contribution is 2.35. The van der Waals surface area contributed by atoms with E-state index in [2.05, 4.69) is 10.3 Å². The van der Waals surface area contributed by atoms with Gasteiger partial charge in [-0.1, -0.05) is 12.1 Å². The maximum Gasteiger partial charge on any atom is 0.311 e.